The van der Waals surface area contributed by atoms with E-state index in [0.717, 1.165) is 12.8 Å². The first-order valence-electron chi connectivity index (χ1n) is 6.63. The molecule has 0 bridgehead atoms. The number of carboxylic acid groups (broad SMARTS) is 1. The van der Waals surface area contributed by atoms with Gasteiger partial charge in [-0.05, 0) is 6.42 Å². The molecule has 1 fully saturated rings. The lowest BCUT2D eigenvalue weighted by molar-refractivity contribution is -0.168. The van der Waals surface area contributed by atoms with Crippen LogP contribution in [0.2, 0.25) is 0 Å². The normalized spacial score (nSPS) is 25.3. The number of ether oxygens (including phenoxy) is 2. The van der Waals surface area contributed by atoms with Crippen LogP contribution in [-0.2, 0) is 19.1 Å². The van der Waals surface area contributed by atoms with Crippen molar-refractivity contribution >= 4 is 11.8 Å². The van der Waals surface area contributed by atoms with E-state index in [4.69, 9.17) is 9.47 Å². The van der Waals surface area contributed by atoms with Gasteiger partial charge in [0, 0.05) is 19.4 Å². The molecule has 2 atom stereocenters. The third-order valence-electron chi connectivity index (χ3n) is 3.30. The second-order valence-electron chi connectivity index (χ2n) is 4.90. The van der Waals surface area contributed by atoms with Crippen molar-refractivity contribution in [3.8, 4) is 0 Å². The van der Waals surface area contributed by atoms with Crippen LogP contribution in [0.25, 0.3) is 0 Å². The molecule has 1 saturated heterocycles. The minimum absolute atomic E-state index is 0.0440. The number of carboxylic acids is 1. The second-order valence-corrected chi connectivity index (χ2v) is 4.90. The largest absolute Gasteiger partial charge is 0.480 e. The maximum absolute atomic E-state index is 11.9. The van der Waals surface area contributed by atoms with E-state index in [2.05, 4.69) is 0 Å². The molecular weight excluding hydrogens is 252 g/mol. The van der Waals surface area contributed by atoms with E-state index in [0.29, 0.717) is 6.61 Å². The standard InChI is InChI=1S/C13H22O6/c1-2-3-5-18-8-10(14)7-13(12(16)17)9-19-6-4-11(13)15/h10,14H,2-9H2,1H3,(H,16,17). The molecular formula is C13H22O6. The van der Waals surface area contributed by atoms with Gasteiger partial charge < -0.3 is 19.7 Å². The molecule has 2 unspecified atom stereocenters. The van der Waals surface area contributed by atoms with E-state index >= 15 is 0 Å². The molecule has 1 aliphatic heterocycles. The van der Waals surface area contributed by atoms with Gasteiger partial charge in [-0.15, -0.1) is 0 Å². The lowest BCUT2D eigenvalue weighted by Gasteiger charge is -2.32. The number of hydrogen-bond donors (Lipinski definition) is 2. The molecule has 0 aromatic carbocycles. The van der Waals surface area contributed by atoms with Gasteiger partial charge in [-0.1, -0.05) is 13.3 Å². The van der Waals surface area contributed by atoms with Crippen molar-refractivity contribution in [3.05, 3.63) is 0 Å². The van der Waals surface area contributed by atoms with Crippen LogP contribution in [0.4, 0.5) is 0 Å². The molecule has 19 heavy (non-hydrogen) atoms. The third kappa shape index (κ3) is 4.26. The quantitative estimate of drug-likeness (QED) is 0.498. The highest BCUT2D eigenvalue weighted by atomic mass is 16.5. The Bertz CT molecular complexity index is 316. The Morgan fingerprint density at radius 1 is 1.58 bits per heavy atom. The van der Waals surface area contributed by atoms with Gasteiger partial charge in [0.25, 0.3) is 0 Å². The molecule has 0 radical (unpaired) electrons. The van der Waals surface area contributed by atoms with Crippen molar-refractivity contribution < 1.29 is 29.3 Å². The molecule has 6 nitrogen and oxygen atoms in total. The maximum Gasteiger partial charge on any atom is 0.319 e. The number of aliphatic hydroxyl groups excluding tert-OH is 1. The predicted molar refractivity (Wildman–Crippen MR) is 66.9 cm³/mol. The van der Waals surface area contributed by atoms with Gasteiger partial charge in [-0.25, -0.2) is 0 Å². The van der Waals surface area contributed by atoms with Crippen molar-refractivity contribution in [1.82, 2.24) is 0 Å². The van der Waals surface area contributed by atoms with Gasteiger partial charge in [-0.2, -0.15) is 0 Å². The zero-order chi connectivity index (χ0) is 14.3. The Hall–Kier alpha value is -0.980. The number of carbonyl (C=O) groups is 2. The first-order chi connectivity index (χ1) is 9.03. The number of ketones is 1. The van der Waals surface area contributed by atoms with Crippen LogP contribution < -0.4 is 0 Å². The van der Waals surface area contributed by atoms with Gasteiger partial charge in [-0.3, -0.25) is 9.59 Å². The minimum atomic E-state index is -1.62. The molecule has 0 spiro atoms. The van der Waals surface area contributed by atoms with E-state index < -0.39 is 17.5 Å². The van der Waals surface area contributed by atoms with Crippen LogP contribution in [0.1, 0.15) is 32.6 Å². The average molecular weight is 274 g/mol. The molecule has 6 heteroatoms. The summed E-state index contributed by atoms with van der Waals surface area (Å²) in [4.78, 5) is 23.2. The lowest BCUT2D eigenvalue weighted by Crippen LogP contribution is -2.49. The van der Waals surface area contributed by atoms with E-state index in [1.807, 2.05) is 6.92 Å². The zero-order valence-corrected chi connectivity index (χ0v) is 11.3. The highest BCUT2D eigenvalue weighted by Crippen LogP contribution is 2.31. The summed E-state index contributed by atoms with van der Waals surface area (Å²) in [5, 5.41) is 19.1. The van der Waals surface area contributed by atoms with Gasteiger partial charge in [0.2, 0.25) is 0 Å². The molecule has 0 saturated carbocycles. The van der Waals surface area contributed by atoms with Gasteiger partial charge in [0.1, 0.15) is 0 Å². The molecule has 1 heterocycles. The predicted octanol–water partition coefficient (Wildman–Crippen LogP) is 0.614. The number of hydrogen-bond acceptors (Lipinski definition) is 5. The number of unbranched alkanes of at least 4 members (excludes halogenated alkanes) is 1. The van der Waals surface area contributed by atoms with E-state index in [1.165, 1.54) is 0 Å². The number of Topliss-reactive ketones (excluding diaryl/α,β-unsaturated/α-hetero) is 1. The number of aliphatic carboxylic acids is 1. The molecule has 1 aliphatic rings. The van der Waals surface area contributed by atoms with Crippen molar-refractivity contribution in [2.45, 2.75) is 38.7 Å². The SMILES string of the molecule is CCCCOCC(O)CC1(C(=O)O)COCCC1=O. The Balaban J connectivity index is 2.53. The number of rotatable bonds is 8. The molecule has 0 aromatic rings. The minimum Gasteiger partial charge on any atom is -0.480 e. The fourth-order valence-electron chi connectivity index (χ4n) is 2.10. The first kappa shape index (κ1) is 16.1. The fraction of sp³-hybridized carbons (Fsp3) is 0.846. The Kier molecular flexibility index (Phi) is 6.41. The van der Waals surface area contributed by atoms with Crippen LogP contribution in [0.15, 0.2) is 0 Å². The van der Waals surface area contributed by atoms with Crippen molar-refractivity contribution in [2.24, 2.45) is 5.41 Å². The van der Waals surface area contributed by atoms with Crippen molar-refractivity contribution in [1.29, 1.82) is 0 Å². The van der Waals surface area contributed by atoms with Crippen LogP contribution in [-0.4, -0.2) is 54.5 Å². The van der Waals surface area contributed by atoms with E-state index in [-0.39, 0.29) is 38.4 Å². The summed E-state index contributed by atoms with van der Waals surface area (Å²) in [7, 11) is 0. The van der Waals surface area contributed by atoms with E-state index in [1.54, 1.807) is 0 Å². The van der Waals surface area contributed by atoms with Crippen molar-refractivity contribution in [2.75, 3.05) is 26.4 Å². The summed E-state index contributed by atoms with van der Waals surface area (Å²) in [6, 6.07) is 0. The van der Waals surface area contributed by atoms with Crippen LogP contribution in [0.5, 0.6) is 0 Å². The maximum atomic E-state index is 11.9. The zero-order valence-electron chi connectivity index (χ0n) is 11.3. The van der Waals surface area contributed by atoms with Crippen LogP contribution in [0, 0.1) is 5.41 Å². The number of aliphatic hydroxyl groups is 1. The summed E-state index contributed by atoms with van der Waals surface area (Å²) >= 11 is 0. The summed E-state index contributed by atoms with van der Waals surface area (Å²) in [5.41, 5.74) is -1.62. The van der Waals surface area contributed by atoms with Gasteiger partial charge >= 0.3 is 5.97 Å². The van der Waals surface area contributed by atoms with Crippen molar-refractivity contribution in [3.63, 3.8) is 0 Å². The average Bonchev–Trinajstić information content (AvgIpc) is 2.37. The smallest absolute Gasteiger partial charge is 0.319 e. The van der Waals surface area contributed by atoms with E-state index in [9.17, 15) is 19.8 Å². The Morgan fingerprint density at radius 3 is 2.89 bits per heavy atom. The highest BCUT2D eigenvalue weighted by molar-refractivity contribution is 6.03. The Morgan fingerprint density at radius 2 is 2.32 bits per heavy atom. The Labute approximate surface area is 112 Å². The topological polar surface area (TPSA) is 93.1 Å². The monoisotopic (exact) mass is 274 g/mol. The van der Waals surface area contributed by atoms with Crippen LogP contribution >= 0.6 is 0 Å². The van der Waals surface area contributed by atoms with Gasteiger partial charge in [0.05, 0.1) is 25.9 Å². The number of carbonyl (C=O) groups excluding carboxylic acids is 1. The summed E-state index contributed by atoms with van der Waals surface area (Å²) < 4.78 is 10.3. The summed E-state index contributed by atoms with van der Waals surface area (Å²) in [6.45, 7) is 2.67. The molecule has 0 amide bonds. The third-order valence-corrected chi connectivity index (χ3v) is 3.30. The fourth-order valence-corrected chi connectivity index (χ4v) is 2.10. The molecule has 1 rings (SSSR count). The van der Waals surface area contributed by atoms with Gasteiger partial charge in [0.15, 0.2) is 11.2 Å². The molecule has 2 N–H and O–H groups in total. The summed E-state index contributed by atoms with van der Waals surface area (Å²) in [5.74, 6) is -1.61. The molecule has 0 aromatic heterocycles. The summed E-state index contributed by atoms with van der Waals surface area (Å²) in [6.07, 6.45) is 0.821. The second kappa shape index (κ2) is 7.57. The lowest BCUT2D eigenvalue weighted by atomic mass is 9.76. The highest BCUT2D eigenvalue weighted by Gasteiger charge is 2.49. The molecule has 0 aliphatic carbocycles. The first-order valence-corrected chi connectivity index (χ1v) is 6.63. The van der Waals surface area contributed by atoms with Crippen LogP contribution in [0.3, 0.4) is 0 Å². The molecule has 110 valence electrons.